The Morgan fingerprint density at radius 3 is 2.50 bits per heavy atom. The summed E-state index contributed by atoms with van der Waals surface area (Å²) < 4.78 is 41.8. The van der Waals surface area contributed by atoms with Crippen molar-refractivity contribution in [3.05, 3.63) is 64.2 Å². The highest BCUT2D eigenvalue weighted by Gasteiger charge is 2.56. The van der Waals surface area contributed by atoms with E-state index in [2.05, 4.69) is 11.5 Å². The Labute approximate surface area is 335 Å². The number of benzene rings is 2. The number of amides is 2. The molecule has 17 heteroatoms. The van der Waals surface area contributed by atoms with Crippen LogP contribution < -0.4 is 4.74 Å². The highest BCUT2D eigenvalue weighted by molar-refractivity contribution is 6.31. The van der Waals surface area contributed by atoms with Gasteiger partial charge in [-0.2, -0.15) is 0 Å². The number of hydrogen-bond acceptors (Lipinski definition) is 15. The predicted molar refractivity (Wildman–Crippen MR) is 203 cm³/mol. The Morgan fingerprint density at radius 2 is 1.79 bits per heavy atom. The second-order valence-electron chi connectivity index (χ2n) is 15.7. The zero-order valence-corrected chi connectivity index (χ0v) is 33.5. The SMILES string of the molecule is C=CCOC(=O)N(C)CCN(C)C(=O)[C@]1(O)Cc2c(O)c3c(c(O)c2[C@@H](O[C@H]2C[C@H]4[C@H](O[C@@H]5[C@@H](OC(C)C)OCCN54)[C@H](C)O2)C1)C(=O)c1c(OC)cccc1C3=O. The number of carbonyl (C=O) groups excluding carboxylic acids is 4. The van der Waals surface area contributed by atoms with Gasteiger partial charge in [-0.15, -0.1) is 0 Å². The van der Waals surface area contributed by atoms with E-state index in [1.54, 1.807) is 0 Å². The Morgan fingerprint density at radius 1 is 1.07 bits per heavy atom. The van der Waals surface area contributed by atoms with Gasteiger partial charge in [-0.3, -0.25) is 19.3 Å². The fourth-order valence-corrected chi connectivity index (χ4v) is 8.77. The third-order valence-corrected chi connectivity index (χ3v) is 11.5. The van der Waals surface area contributed by atoms with Gasteiger partial charge in [0, 0.05) is 75.7 Å². The summed E-state index contributed by atoms with van der Waals surface area (Å²) in [4.78, 5) is 59.5. The number of carbonyl (C=O) groups is 4. The molecule has 0 radical (unpaired) electrons. The maximum Gasteiger partial charge on any atom is 0.409 e. The molecule has 17 nitrogen and oxygen atoms in total. The van der Waals surface area contributed by atoms with E-state index in [0.717, 1.165) is 0 Å². The van der Waals surface area contributed by atoms with Crippen molar-refractivity contribution >= 4 is 23.6 Å². The van der Waals surface area contributed by atoms with Crippen LogP contribution >= 0.6 is 0 Å². The van der Waals surface area contributed by atoms with Gasteiger partial charge in [0.05, 0.1) is 48.7 Å². The fourth-order valence-electron chi connectivity index (χ4n) is 8.77. The van der Waals surface area contributed by atoms with Crippen molar-refractivity contribution in [1.29, 1.82) is 0 Å². The quantitative estimate of drug-likeness (QED) is 0.188. The number of methoxy groups -OCH3 is 1. The molecule has 0 aromatic heterocycles. The van der Waals surface area contributed by atoms with Crippen molar-refractivity contribution in [1.82, 2.24) is 14.7 Å². The smallest absolute Gasteiger partial charge is 0.409 e. The minimum Gasteiger partial charge on any atom is -0.507 e. The minimum absolute atomic E-state index is 0.00374. The lowest BCUT2D eigenvalue weighted by Gasteiger charge is -2.44. The Hall–Kier alpha value is -4.62. The number of nitrogens with zero attached hydrogens (tertiary/aromatic N) is 3. The molecule has 3 N–H and O–H groups in total. The lowest BCUT2D eigenvalue weighted by Crippen LogP contribution is -2.56. The normalized spacial score (nSPS) is 28.8. The topological polar surface area (TPSA) is 203 Å². The van der Waals surface area contributed by atoms with Crippen molar-refractivity contribution in [2.45, 2.75) is 94.9 Å². The molecule has 3 aliphatic heterocycles. The first-order valence-corrected chi connectivity index (χ1v) is 19.4. The molecule has 0 saturated carbocycles. The summed E-state index contributed by atoms with van der Waals surface area (Å²) in [5, 5.41) is 36.4. The van der Waals surface area contributed by atoms with Gasteiger partial charge in [-0.05, 0) is 26.8 Å². The molecule has 3 saturated heterocycles. The molecule has 3 heterocycles. The number of aromatic hydroxyl groups is 2. The maximum absolute atomic E-state index is 14.2. The second-order valence-corrected chi connectivity index (χ2v) is 15.7. The average Bonchev–Trinajstić information content (AvgIpc) is 3.58. The van der Waals surface area contributed by atoms with Crippen LogP contribution in [0.1, 0.15) is 82.7 Å². The van der Waals surface area contributed by atoms with Crippen molar-refractivity contribution in [3.8, 4) is 17.2 Å². The maximum atomic E-state index is 14.2. The summed E-state index contributed by atoms with van der Waals surface area (Å²) in [6.45, 7) is 10.2. The van der Waals surface area contributed by atoms with E-state index in [1.165, 1.54) is 55.3 Å². The lowest BCUT2D eigenvalue weighted by molar-refractivity contribution is -0.269. The number of fused-ring (bicyclic) bond motifs is 6. The van der Waals surface area contributed by atoms with Crippen LogP contribution in [-0.2, 0) is 39.6 Å². The summed E-state index contributed by atoms with van der Waals surface area (Å²) in [6.07, 6.45) is -4.34. The highest BCUT2D eigenvalue weighted by atomic mass is 16.7. The standard InChI is InChI=1S/C41H51N3O14/c1-8-15-54-40(50)43(6)13-12-42(5)39(49)41(51)18-23-29(35(48)31-30(33(23)46)32(45)22-10-9-11-25(52-7)28(22)34(31)47)26(19-41)57-27-17-24-36(21(4)56-27)58-37-38(55-20(2)3)53-16-14-44(24)37/h8-11,20-21,24,26-27,36-38,46,48,51H,1,12-19H2,2-7H3/t21-,24-,26-,27-,36+,37+,38+,41-/m0/s1. The number of ketones is 2. The summed E-state index contributed by atoms with van der Waals surface area (Å²) in [7, 11) is 4.30. The van der Waals surface area contributed by atoms with Crippen molar-refractivity contribution in [2.24, 2.45) is 0 Å². The van der Waals surface area contributed by atoms with E-state index in [9.17, 15) is 34.5 Å². The van der Waals surface area contributed by atoms with Crippen LogP contribution in [0.15, 0.2) is 30.9 Å². The number of likely N-dealkylation sites (N-methyl/N-ethyl adjacent to an activating group) is 2. The molecule has 5 aliphatic rings. The largest absolute Gasteiger partial charge is 0.507 e. The number of phenolic OH excluding ortho intramolecular Hbond substituents is 2. The van der Waals surface area contributed by atoms with E-state index in [-0.39, 0.29) is 72.4 Å². The van der Waals surface area contributed by atoms with Gasteiger partial charge < -0.3 is 58.3 Å². The van der Waals surface area contributed by atoms with E-state index < -0.39 is 95.7 Å². The molecular formula is C41H51N3O14. The minimum atomic E-state index is -2.26. The van der Waals surface area contributed by atoms with Crippen molar-refractivity contribution in [3.63, 3.8) is 0 Å². The first-order valence-electron chi connectivity index (χ1n) is 19.4. The van der Waals surface area contributed by atoms with Crippen molar-refractivity contribution in [2.75, 3.05) is 54.1 Å². The van der Waals surface area contributed by atoms with Gasteiger partial charge in [0.1, 0.15) is 35.6 Å². The molecular weight excluding hydrogens is 758 g/mol. The lowest BCUT2D eigenvalue weighted by atomic mass is 9.72. The molecule has 0 bridgehead atoms. The molecule has 2 aromatic rings. The number of phenols is 2. The molecule has 58 heavy (non-hydrogen) atoms. The van der Waals surface area contributed by atoms with Crippen LogP contribution in [0.2, 0.25) is 0 Å². The van der Waals surface area contributed by atoms with Crippen LogP contribution in [0.3, 0.4) is 0 Å². The molecule has 3 fully saturated rings. The summed E-state index contributed by atoms with van der Waals surface area (Å²) >= 11 is 0. The molecule has 2 amide bonds. The highest BCUT2D eigenvalue weighted by Crippen LogP contribution is 2.53. The molecule has 0 spiro atoms. The molecule has 0 unspecified atom stereocenters. The Balaban J connectivity index is 1.24. The summed E-state index contributed by atoms with van der Waals surface area (Å²) in [6, 6.07) is 4.25. The van der Waals surface area contributed by atoms with Gasteiger partial charge in [-0.25, -0.2) is 4.79 Å². The van der Waals surface area contributed by atoms with Gasteiger partial charge >= 0.3 is 6.09 Å². The number of hydrogen-bond donors (Lipinski definition) is 3. The molecule has 8 atom stereocenters. The molecule has 314 valence electrons. The Bertz CT molecular complexity index is 1990. The summed E-state index contributed by atoms with van der Waals surface area (Å²) in [5.41, 5.74) is -3.48. The van der Waals surface area contributed by atoms with Crippen LogP contribution in [0.4, 0.5) is 4.79 Å². The van der Waals surface area contributed by atoms with Crippen LogP contribution in [0.5, 0.6) is 17.2 Å². The zero-order valence-electron chi connectivity index (χ0n) is 33.5. The average molecular weight is 810 g/mol. The van der Waals surface area contributed by atoms with E-state index in [4.69, 9.17) is 33.2 Å². The predicted octanol–water partition coefficient (Wildman–Crippen LogP) is 2.64. The second kappa shape index (κ2) is 16.2. The molecule has 2 aromatic carbocycles. The van der Waals surface area contributed by atoms with E-state index >= 15 is 0 Å². The Kier molecular flexibility index (Phi) is 11.6. The van der Waals surface area contributed by atoms with E-state index in [0.29, 0.717) is 13.2 Å². The third-order valence-electron chi connectivity index (χ3n) is 11.5. The van der Waals surface area contributed by atoms with E-state index in [1.807, 2.05) is 20.8 Å². The monoisotopic (exact) mass is 809 g/mol. The van der Waals surface area contributed by atoms with Crippen LogP contribution in [0, 0.1) is 0 Å². The third kappa shape index (κ3) is 7.22. The number of ether oxygens (including phenoxy) is 7. The first-order chi connectivity index (χ1) is 27.6. The van der Waals surface area contributed by atoms with Crippen LogP contribution in [0.25, 0.3) is 0 Å². The fraction of sp³-hybridized carbons (Fsp3) is 0.561. The molecule has 2 aliphatic carbocycles. The van der Waals surface area contributed by atoms with Gasteiger partial charge in [0.25, 0.3) is 5.91 Å². The number of rotatable bonds is 11. The number of aliphatic hydroxyl groups is 1. The van der Waals surface area contributed by atoms with Crippen LogP contribution in [-0.4, -0.2) is 156 Å². The molecule has 7 rings (SSSR count). The van der Waals surface area contributed by atoms with Gasteiger partial charge in [-0.1, -0.05) is 24.8 Å². The summed E-state index contributed by atoms with van der Waals surface area (Å²) in [5.74, 6) is -3.47. The van der Waals surface area contributed by atoms with Gasteiger partial charge in [0.2, 0.25) is 5.78 Å². The number of morpholine rings is 1. The zero-order chi connectivity index (χ0) is 41.8. The first kappa shape index (κ1) is 41.5. The van der Waals surface area contributed by atoms with Gasteiger partial charge in [0.15, 0.2) is 24.6 Å². The van der Waals surface area contributed by atoms with Crippen molar-refractivity contribution < 1.29 is 67.7 Å².